The third-order valence-corrected chi connectivity index (χ3v) is 1.98. The van der Waals surface area contributed by atoms with Crippen molar-refractivity contribution in [3.05, 3.63) is 40.7 Å². The molecule has 5 N–H and O–H groups in total. The van der Waals surface area contributed by atoms with Gasteiger partial charge in [-0.05, 0) is 12.1 Å². The molecule has 0 atom stereocenters. The SMILES string of the molecule is Nc1cc(=O)[nH]c(-c2ccccc2N)n1. The number of aromatic amines is 1. The zero-order chi connectivity index (χ0) is 10.8. The number of nitrogens with one attached hydrogen (secondary N) is 1. The number of benzene rings is 1. The first kappa shape index (κ1) is 9.26. The lowest BCUT2D eigenvalue weighted by atomic mass is 10.1. The van der Waals surface area contributed by atoms with Crippen LogP contribution in [-0.2, 0) is 0 Å². The van der Waals surface area contributed by atoms with Crippen LogP contribution in [-0.4, -0.2) is 9.97 Å². The van der Waals surface area contributed by atoms with Gasteiger partial charge in [0.25, 0.3) is 5.56 Å². The van der Waals surface area contributed by atoms with E-state index in [1.165, 1.54) is 6.07 Å². The molecule has 0 aliphatic rings. The van der Waals surface area contributed by atoms with Gasteiger partial charge in [0.15, 0.2) is 0 Å². The van der Waals surface area contributed by atoms with Gasteiger partial charge < -0.3 is 16.5 Å². The lowest BCUT2D eigenvalue weighted by Crippen LogP contribution is -2.10. The number of nitrogens with two attached hydrogens (primary N) is 2. The Bertz CT molecular complexity index is 547. The quantitative estimate of drug-likeness (QED) is 0.590. The Morgan fingerprint density at radius 1 is 1.20 bits per heavy atom. The summed E-state index contributed by atoms with van der Waals surface area (Å²) in [5.41, 5.74) is 12.1. The van der Waals surface area contributed by atoms with Crippen LogP contribution in [0.4, 0.5) is 11.5 Å². The third-order valence-electron chi connectivity index (χ3n) is 1.98. The summed E-state index contributed by atoms with van der Waals surface area (Å²) < 4.78 is 0. The zero-order valence-electron chi connectivity index (χ0n) is 7.90. The van der Waals surface area contributed by atoms with Gasteiger partial charge in [0.2, 0.25) is 0 Å². The van der Waals surface area contributed by atoms with Crippen molar-refractivity contribution in [2.75, 3.05) is 11.5 Å². The van der Waals surface area contributed by atoms with Gasteiger partial charge in [0.05, 0.1) is 0 Å². The summed E-state index contributed by atoms with van der Waals surface area (Å²) in [4.78, 5) is 17.8. The molecule has 0 aliphatic heterocycles. The lowest BCUT2D eigenvalue weighted by molar-refractivity contribution is 1.14. The number of anilines is 2. The highest BCUT2D eigenvalue weighted by Gasteiger charge is 2.04. The Morgan fingerprint density at radius 3 is 2.60 bits per heavy atom. The fraction of sp³-hybridized carbons (Fsp3) is 0. The van der Waals surface area contributed by atoms with E-state index in [0.29, 0.717) is 17.1 Å². The number of para-hydroxylation sites is 1. The van der Waals surface area contributed by atoms with E-state index in [1.807, 2.05) is 12.1 Å². The smallest absolute Gasteiger partial charge is 0.253 e. The molecule has 1 aromatic heterocycles. The highest BCUT2D eigenvalue weighted by molar-refractivity contribution is 5.71. The van der Waals surface area contributed by atoms with Crippen LogP contribution in [0.15, 0.2) is 35.1 Å². The van der Waals surface area contributed by atoms with Gasteiger partial charge in [-0.2, -0.15) is 0 Å². The molecule has 0 saturated heterocycles. The van der Waals surface area contributed by atoms with Gasteiger partial charge >= 0.3 is 0 Å². The van der Waals surface area contributed by atoms with Crippen LogP contribution in [0.5, 0.6) is 0 Å². The first-order valence-electron chi connectivity index (χ1n) is 4.38. The maximum Gasteiger partial charge on any atom is 0.253 e. The van der Waals surface area contributed by atoms with Crippen molar-refractivity contribution >= 4 is 11.5 Å². The molecule has 1 aromatic carbocycles. The van der Waals surface area contributed by atoms with Crippen molar-refractivity contribution in [3.63, 3.8) is 0 Å². The number of hydrogen-bond donors (Lipinski definition) is 3. The van der Waals surface area contributed by atoms with Crippen LogP contribution in [0.3, 0.4) is 0 Å². The van der Waals surface area contributed by atoms with E-state index in [0.717, 1.165) is 0 Å². The Balaban J connectivity index is 2.64. The Labute approximate surface area is 85.8 Å². The van der Waals surface area contributed by atoms with E-state index >= 15 is 0 Å². The summed E-state index contributed by atoms with van der Waals surface area (Å²) in [6.45, 7) is 0. The third kappa shape index (κ3) is 1.80. The van der Waals surface area contributed by atoms with Crippen LogP contribution < -0.4 is 17.0 Å². The second-order valence-electron chi connectivity index (χ2n) is 3.11. The number of H-pyrrole nitrogens is 1. The van der Waals surface area contributed by atoms with E-state index in [-0.39, 0.29) is 11.4 Å². The van der Waals surface area contributed by atoms with E-state index < -0.39 is 0 Å². The van der Waals surface area contributed by atoms with Crippen molar-refractivity contribution < 1.29 is 0 Å². The standard InChI is InChI=1S/C10H10N4O/c11-7-4-2-1-3-6(7)10-13-8(12)5-9(15)14-10/h1-5H,11H2,(H3,12,13,14,15). The lowest BCUT2D eigenvalue weighted by Gasteiger charge is -2.04. The van der Waals surface area contributed by atoms with Crippen molar-refractivity contribution in [2.24, 2.45) is 0 Å². The molecule has 0 fully saturated rings. The molecule has 0 saturated carbocycles. The minimum atomic E-state index is -0.291. The summed E-state index contributed by atoms with van der Waals surface area (Å²) in [7, 11) is 0. The molecule has 0 amide bonds. The van der Waals surface area contributed by atoms with E-state index in [2.05, 4.69) is 9.97 Å². The second-order valence-corrected chi connectivity index (χ2v) is 3.11. The maximum absolute atomic E-state index is 11.2. The Morgan fingerprint density at radius 2 is 1.93 bits per heavy atom. The average Bonchev–Trinajstić information content (AvgIpc) is 2.16. The second kappa shape index (κ2) is 3.45. The molecule has 5 heteroatoms. The molecule has 2 rings (SSSR count). The largest absolute Gasteiger partial charge is 0.398 e. The van der Waals surface area contributed by atoms with Gasteiger partial charge in [-0.25, -0.2) is 4.98 Å². The predicted molar refractivity (Wildman–Crippen MR) is 59.1 cm³/mol. The van der Waals surface area contributed by atoms with Gasteiger partial charge in [-0.1, -0.05) is 12.1 Å². The van der Waals surface area contributed by atoms with Crippen molar-refractivity contribution in [1.29, 1.82) is 0 Å². The zero-order valence-corrected chi connectivity index (χ0v) is 7.90. The molecule has 1 heterocycles. The number of rotatable bonds is 1. The summed E-state index contributed by atoms with van der Waals surface area (Å²) in [5.74, 6) is 0.565. The van der Waals surface area contributed by atoms with Crippen molar-refractivity contribution in [1.82, 2.24) is 9.97 Å². The van der Waals surface area contributed by atoms with Crippen LogP contribution in [0.2, 0.25) is 0 Å². The average molecular weight is 202 g/mol. The molecule has 5 nitrogen and oxygen atoms in total. The Kier molecular flexibility index (Phi) is 2.13. The van der Waals surface area contributed by atoms with Gasteiger partial charge in [0.1, 0.15) is 11.6 Å². The fourth-order valence-corrected chi connectivity index (χ4v) is 1.32. The predicted octanol–water partition coefficient (Wildman–Crippen LogP) is 0.601. The molecule has 0 aliphatic carbocycles. The first-order chi connectivity index (χ1) is 7.16. The first-order valence-corrected chi connectivity index (χ1v) is 4.38. The monoisotopic (exact) mass is 202 g/mol. The number of nitrogen functional groups attached to an aromatic ring is 2. The molecule has 2 aromatic rings. The maximum atomic E-state index is 11.2. The van der Waals surface area contributed by atoms with Crippen LogP contribution in [0, 0.1) is 0 Å². The van der Waals surface area contributed by atoms with E-state index in [1.54, 1.807) is 12.1 Å². The minimum absolute atomic E-state index is 0.178. The van der Waals surface area contributed by atoms with Crippen LogP contribution in [0.25, 0.3) is 11.4 Å². The number of aromatic nitrogens is 2. The normalized spacial score (nSPS) is 10.1. The Hall–Kier alpha value is -2.30. The molecule has 0 spiro atoms. The summed E-state index contributed by atoms with van der Waals surface area (Å²) in [5, 5.41) is 0. The molecule has 15 heavy (non-hydrogen) atoms. The van der Waals surface area contributed by atoms with E-state index in [9.17, 15) is 4.79 Å². The van der Waals surface area contributed by atoms with Crippen LogP contribution >= 0.6 is 0 Å². The molecular weight excluding hydrogens is 192 g/mol. The van der Waals surface area contributed by atoms with Crippen LogP contribution in [0.1, 0.15) is 0 Å². The summed E-state index contributed by atoms with van der Waals surface area (Å²) in [6, 6.07) is 8.35. The topological polar surface area (TPSA) is 97.8 Å². The molecule has 0 bridgehead atoms. The van der Waals surface area contributed by atoms with Gasteiger partial charge in [-0.15, -0.1) is 0 Å². The molecule has 76 valence electrons. The van der Waals surface area contributed by atoms with Gasteiger partial charge in [-0.3, -0.25) is 4.79 Å². The van der Waals surface area contributed by atoms with E-state index in [4.69, 9.17) is 11.5 Å². The number of nitrogens with zero attached hydrogens (tertiary/aromatic N) is 1. The molecule has 0 radical (unpaired) electrons. The molecule has 0 unspecified atom stereocenters. The fourth-order valence-electron chi connectivity index (χ4n) is 1.32. The summed E-state index contributed by atoms with van der Waals surface area (Å²) in [6.07, 6.45) is 0. The summed E-state index contributed by atoms with van der Waals surface area (Å²) >= 11 is 0. The van der Waals surface area contributed by atoms with Gasteiger partial charge in [0, 0.05) is 17.3 Å². The number of hydrogen-bond acceptors (Lipinski definition) is 4. The highest BCUT2D eigenvalue weighted by atomic mass is 16.1. The molecular formula is C10H10N4O. The highest BCUT2D eigenvalue weighted by Crippen LogP contribution is 2.20. The van der Waals surface area contributed by atoms with Crippen molar-refractivity contribution in [2.45, 2.75) is 0 Å². The minimum Gasteiger partial charge on any atom is -0.398 e. The van der Waals surface area contributed by atoms with Crippen molar-refractivity contribution in [3.8, 4) is 11.4 Å².